The number of rotatable bonds is 12. The molecule has 0 bridgehead atoms. The number of aldehydes is 4. The summed E-state index contributed by atoms with van der Waals surface area (Å²) in [4.78, 5) is 62.0. The van der Waals surface area contributed by atoms with Gasteiger partial charge in [-0.2, -0.15) is 0 Å². The van der Waals surface area contributed by atoms with E-state index in [-0.39, 0.29) is 0 Å². The van der Waals surface area contributed by atoms with Gasteiger partial charge in [0, 0.05) is 80.8 Å². The van der Waals surface area contributed by atoms with Gasteiger partial charge in [0.1, 0.15) is 0 Å². The van der Waals surface area contributed by atoms with E-state index in [0.717, 1.165) is 83.7 Å². The summed E-state index contributed by atoms with van der Waals surface area (Å²) in [5, 5.41) is 0. The Balaban J connectivity index is 1.23. The van der Waals surface area contributed by atoms with Crippen LogP contribution in [0.2, 0.25) is 0 Å². The summed E-state index contributed by atoms with van der Waals surface area (Å²) in [6.45, 7) is 0. The third-order valence-corrected chi connectivity index (χ3v) is 17.6. The second kappa shape index (κ2) is 14.0. The summed E-state index contributed by atoms with van der Waals surface area (Å²) in [5.41, 5.74) is 4.70. The van der Waals surface area contributed by atoms with E-state index in [1.807, 2.05) is 48.5 Å². The van der Waals surface area contributed by atoms with Crippen LogP contribution >= 0.6 is 90.7 Å². The molecule has 0 fully saturated rings. The minimum atomic E-state index is 0.700. The van der Waals surface area contributed by atoms with Crippen molar-refractivity contribution in [3.8, 4) is 39.0 Å². The van der Waals surface area contributed by atoms with Crippen LogP contribution in [-0.4, -0.2) is 25.1 Å². The predicted molar refractivity (Wildman–Crippen MR) is 226 cm³/mol. The monoisotopic (exact) mass is 820 g/mol. The Morgan fingerprint density at radius 2 is 0.404 bits per heavy atom. The first-order chi connectivity index (χ1) is 25.5. The zero-order valence-electron chi connectivity index (χ0n) is 26.4. The third-order valence-electron chi connectivity index (χ3n) is 8.35. The molecular weight excluding hydrogens is 801 g/mol. The van der Waals surface area contributed by atoms with E-state index in [2.05, 4.69) is 48.5 Å². The maximum absolute atomic E-state index is 11.5. The lowest BCUT2D eigenvalue weighted by molar-refractivity contribution is 0.111. The Hall–Kier alpha value is -4.24. The molecule has 0 N–H and O–H groups in total. The molecule has 1 aliphatic rings. The average molecular weight is 821 g/mol. The van der Waals surface area contributed by atoms with Crippen molar-refractivity contribution in [2.45, 2.75) is 0 Å². The largest absolute Gasteiger partial charge is 0.297 e. The molecule has 0 aliphatic heterocycles. The fraction of sp³-hybridized carbons (Fsp3) is 0. The molecule has 0 saturated carbocycles. The van der Waals surface area contributed by atoms with Crippen molar-refractivity contribution in [3.63, 3.8) is 0 Å². The van der Waals surface area contributed by atoms with E-state index in [9.17, 15) is 19.2 Å². The van der Waals surface area contributed by atoms with Gasteiger partial charge < -0.3 is 0 Å². The molecule has 8 heterocycles. The van der Waals surface area contributed by atoms with Gasteiger partial charge in [0.05, 0.1) is 19.5 Å². The van der Waals surface area contributed by atoms with E-state index in [1.54, 1.807) is 45.3 Å². The number of carbonyl (C=O) groups excluding carboxylic acids is 4. The number of allylic oxidation sites excluding steroid dienone is 4. The summed E-state index contributed by atoms with van der Waals surface area (Å²) >= 11 is 12.9. The average Bonchev–Trinajstić information content (AvgIpc) is 4.00. The zero-order valence-corrected chi connectivity index (χ0v) is 33.0. The summed E-state index contributed by atoms with van der Waals surface area (Å²) in [5.74, 6) is 0. The van der Waals surface area contributed by atoms with Crippen LogP contribution in [0.1, 0.15) is 58.2 Å². The van der Waals surface area contributed by atoms with Gasteiger partial charge in [-0.05, 0) is 97.1 Å². The molecule has 0 unspecified atom stereocenters. The molecule has 8 aromatic heterocycles. The van der Waals surface area contributed by atoms with Gasteiger partial charge in [-0.1, -0.05) is 0 Å². The van der Waals surface area contributed by atoms with Gasteiger partial charge >= 0.3 is 0 Å². The SMILES string of the molecule is O=Cc1ccc(-c2ccc(C3=C(c4ccc(-c5ccc(C=O)s5)s4)C(c4ccc(-c5ccc(C=O)s5)s4)=C3c3ccc(-c4ccc(C=O)s4)s3)s2)s1. The Morgan fingerprint density at radius 1 is 0.231 bits per heavy atom. The van der Waals surface area contributed by atoms with Gasteiger partial charge in [-0.3, -0.25) is 19.2 Å². The molecule has 52 heavy (non-hydrogen) atoms. The molecule has 0 spiro atoms. The topological polar surface area (TPSA) is 68.3 Å². The molecule has 0 aromatic carbocycles. The fourth-order valence-corrected chi connectivity index (χ4v) is 13.9. The summed E-state index contributed by atoms with van der Waals surface area (Å²) < 4.78 is 0. The molecule has 9 rings (SSSR count). The highest BCUT2D eigenvalue weighted by molar-refractivity contribution is 7.26. The molecule has 0 atom stereocenters. The minimum absolute atomic E-state index is 0.700. The second-order valence-electron chi connectivity index (χ2n) is 11.4. The van der Waals surface area contributed by atoms with E-state index in [4.69, 9.17) is 0 Å². The molecule has 4 nitrogen and oxygen atoms in total. The lowest BCUT2D eigenvalue weighted by Crippen LogP contribution is -2.07. The van der Waals surface area contributed by atoms with E-state index in [1.165, 1.54) is 67.6 Å². The van der Waals surface area contributed by atoms with Crippen LogP contribution in [0, 0.1) is 0 Å². The Kier molecular flexibility index (Phi) is 9.01. The Morgan fingerprint density at radius 3 is 0.596 bits per heavy atom. The second-order valence-corrected chi connectivity index (χ2v) is 20.2. The van der Waals surface area contributed by atoms with Crippen molar-refractivity contribution in [1.29, 1.82) is 0 Å². The summed E-state index contributed by atoms with van der Waals surface area (Å²) in [6, 6.07) is 32.8. The van der Waals surface area contributed by atoms with Crippen molar-refractivity contribution in [2.75, 3.05) is 0 Å². The van der Waals surface area contributed by atoms with Crippen LogP contribution < -0.4 is 0 Å². The van der Waals surface area contributed by atoms with Crippen molar-refractivity contribution in [2.24, 2.45) is 0 Å². The number of hydrogen-bond acceptors (Lipinski definition) is 12. The van der Waals surface area contributed by atoms with Crippen LogP contribution in [0.5, 0.6) is 0 Å². The maximum Gasteiger partial charge on any atom is 0.160 e. The predicted octanol–water partition coefficient (Wildman–Crippen LogP) is 13.6. The van der Waals surface area contributed by atoms with Crippen LogP contribution in [0.25, 0.3) is 61.3 Å². The van der Waals surface area contributed by atoms with E-state index >= 15 is 0 Å². The van der Waals surface area contributed by atoms with Gasteiger partial charge in [-0.15, -0.1) is 90.7 Å². The van der Waals surface area contributed by atoms with E-state index in [0.29, 0.717) is 19.5 Å². The van der Waals surface area contributed by atoms with Crippen LogP contribution in [0.3, 0.4) is 0 Å². The fourth-order valence-electron chi connectivity index (χ4n) is 6.04. The van der Waals surface area contributed by atoms with Crippen molar-refractivity contribution in [3.05, 3.63) is 136 Å². The smallest absolute Gasteiger partial charge is 0.160 e. The quantitative estimate of drug-likeness (QED) is 0.115. The molecule has 0 amide bonds. The highest BCUT2D eigenvalue weighted by atomic mass is 32.1. The zero-order chi connectivity index (χ0) is 35.3. The molecule has 8 aromatic rings. The molecule has 1 aliphatic carbocycles. The molecule has 252 valence electrons. The normalized spacial score (nSPS) is 12.8. The third kappa shape index (κ3) is 5.99. The highest BCUT2D eigenvalue weighted by Gasteiger charge is 2.36. The first kappa shape index (κ1) is 33.6. The lowest BCUT2D eigenvalue weighted by Gasteiger charge is -2.30. The number of carbonyl (C=O) groups is 4. The first-order valence-corrected chi connectivity index (χ1v) is 22.2. The number of thiophene rings is 8. The number of hydrogen-bond donors (Lipinski definition) is 0. The summed E-state index contributed by atoms with van der Waals surface area (Å²) in [6.07, 6.45) is 3.59. The van der Waals surface area contributed by atoms with E-state index < -0.39 is 0 Å². The van der Waals surface area contributed by atoms with Crippen LogP contribution in [-0.2, 0) is 0 Å². The van der Waals surface area contributed by atoms with Gasteiger partial charge in [-0.25, -0.2) is 0 Å². The van der Waals surface area contributed by atoms with Crippen molar-refractivity contribution >= 4 is 138 Å². The van der Waals surface area contributed by atoms with Crippen LogP contribution in [0.4, 0.5) is 0 Å². The summed E-state index contributed by atoms with van der Waals surface area (Å²) in [7, 11) is 0. The highest BCUT2D eigenvalue weighted by Crippen LogP contribution is 2.61. The lowest BCUT2D eigenvalue weighted by atomic mass is 9.77. The molecule has 12 heteroatoms. The van der Waals surface area contributed by atoms with Crippen molar-refractivity contribution < 1.29 is 19.2 Å². The minimum Gasteiger partial charge on any atom is -0.297 e. The van der Waals surface area contributed by atoms with Crippen molar-refractivity contribution in [1.82, 2.24) is 0 Å². The Bertz CT molecular complexity index is 2350. The molecular formula is C40H20O4S8. The standard InChI is InChI=1S/C40H20O4S8/c41-17-21-1-5-25(45-21)29-9-13-33(49-29)37-38(34-14-10-30(50-34)26-6-2-22(18-42)46-26)40(36-16-12-32(52-36)28-8-4-24(20-44)48-28)39(37)35-15-11-31(51-35)27-7-3-23(19-43)47-27/h1-20H. The van der Waals surface area contributed by atoms with Gasteiger partial charge in [0.25, 0.3) is 0 Å². The van der Waals surface area contributed by atoms with Gasteiger partial charge in [0.2, 0.25) is 0 Å². The molecule has 0 saturated heterocycles. The Labute approximate surface area is 329 Å². The van der Waals surface area contributed by atoms with Gasteiger partial charge in [0.15, 0.2) is 25.1 Å². The maximum atomic E-state index is 11.5. The first-order valence-electron chi connectivity index (χ1n) is 15.6. The molecule has 0 radical (unpaired) electrons. The van der Waals surface area contributed by atoms with Crippen LogP contribution in [0.15, 0.2) is 97.1 Å².